The van der Waals surface area contributed by atoms with Gasteiger partial charge >= 0.3 is 6.18 Å². The Hall–Kier alpha value is -1.65. The molecule has 1 amide bonds. The van der Waals surface area contributed by atoms with E-state index in [9.17, 15) is 26.4 Å². The highest BCUT2D eigenvalue weighted by Crippen LogP contribution is 2.33. The second kappa shape index (κ2) is 8.36. The fourth-order valence-corrected chi connectivity index (χ4v) is 4.23. The van der Waals surface area contributed by atoms with Crippen LogP contribution in [0.2, 0.25) is 0 Å². The lowest BCUT2D eigenvalue weighted by molar-refractivity contribution is -0.139. The minimum absolute atomic E-state index is 0.385. The minimum atomic E-state index is -4.81. The third-order valence-corrected chi connectivity index (χ3v) is 5.82. The van der Waals surface area contributed by atoms with Gasteiger partial charge in [-0.3, -0.25) is 4.79 Å². The van der Waals surface area contributed by atoms with Gasteiger partial charge in [0.15, 0.2) is 0 Å². The summed E-state index contributed by atoms with van der Waals surface area (Å²) in [6.45, 7) is 3.50. The smallest absolute Gasteiger partial charge is 0.355 e. The molecule has 0 bridgehead atoms. The molecule has 146 valence electrons. The Balaban J connectivity index is 1.98. The molecule has 0 saturated carbocycles. The lowest BCUT2D eigenvalue weighted by Crippen LogP contribution is -2.45. The number of rotatable bonds is 7. The molecule has 0 aromatic heterocycles. The summed E-state index contributed by atoms with van der Waals surface area (Å²) in [4.78, 5) is 11.1. The zero-order chi connectivity index (χ0) is 19.4. The maximum Gasteiger partial charge on any atom is 0.417 e. The van der Waals surface area contributed by atoms with E-state index in [1.807, 2.05) is 4.72 Å². The Morgan fingerprint density at radius 2 is 2.04 bits per heavy atom. The second-order valence-corrected chi connectivity index (χ2v) is 7.96. The summed E-state index contributed by atoms with van der Waals surface area (Å²) in [6, 6.07) is 2.67. The molecule has 1 aliphatic rings. The highest BCUT2D eigenvalue weighted by molar-refractivity contribution is 7.89. The molecule has 0 spiro atoms. The van der Waals surface area contributed by atoms with Gasteiger partial charge in [-0.05, 0) is 50.9 Å². The number of carbonyl (C=O) groups excluding carboxylic acids is 1. The Morgan fingerprint density at radius 1 is 1.35 bits per heavy atom. The first-order valence-electron chi connectivity index (χ1n) is 8.28. The summed E-state index contributed by atoms with van der Waals surface area (Å²) in [5.41, 5.74) is -1.27. The van der Waals surface area contributed by atoms with Gasteiger partial charge in [0, 0.05) is 6.54 Å². The number of alkyl halides is 3. The molecule has 1 aromatic carbocycles. The number of sulfonamides is 1. The van der Waals surface area contributed by atoms with E-state index in [-0.39, 0.29) is 0 Å². The van der Waals surface area contributed by atoms with Crippen molar-refractivity contribution in [1.29, 1.82) is 0 Å². The van der Waals surface area contributed by atoms with Crippen LogP contribution in [0.1, 0.15) is 25.3 Å². The van der Waals surface area contributed by atoms with Crippen molar-refractivity contribution in [1.82, 2.24) is 15.4 Å². The average molecular weight is 393 g/mol. The van der Waals surface area contributed by atoms with Crippen LogP contribution in [-0.4, -0.2) is 40.0 Å². The zero-order valence-electron chi connectivity index (χ0n) is 14.3. The standard InChI is InChI=1S/C16H22F3N3O3S/c1-11(15(23)21-9-7-12-6-8-20-10-12)22-26(24,25)14-5-3-2-4-13(14)16(17,18)19/h2-5,11-12,20,22H,6-10H2,1H3,(H,21,23). The van der Waals surface area contributed by atoms with E-state index in [2.05, 4.69) is 10.6 Å². The van der Waals surface area contributed by atoms with Gasteiger partial charge in [0.25, 0.3) is 0 Å². The molecule has 2 atom stereocenters. The Kier molecular flexibility index (Phi) is 6.64. The van der Waals surface area contributed by atoms with Crippen LogP contribution in [0, 0.1) is 5.92 Å². The van der Waals surface area contributed by atoms with E-state index in [1.165, 1.54) is 13.0 Å². The van der Waals surface area contributed by atoms with Crippen LogP contribution in [-0.2, 0) is 21.0 Å². The quantitative estimate of drug-likeness (QED) is 0.655. The van der Waals surface area contributed by atoms with Crippen LogP contribution < -0.4 is 15.4 Å². The van der Waals surface area contributed by atoms with Gasteiger partial charge in [-0.15, -0.1) is 0 Å². The molecule has 0 radical (unpaired) electrons. The maximum atomic E-state index is 13.0. The second-order valence-electron chi connectivity index (χ2n) is 6.28. The number of amides is 1. The molecular weight excluding hydrogens is 371 g/mol. The van der Waals surface area contributed by atoms with Crippen molar-refractivity contribution in [3.63, 3.8) is 0 Å². The van der Waals surface area contributed by atoms with Crippen LogP contribution in [0.15, 0.2) is 29.2 Å². The first kappa shape index (κ1) is 20.7. The molecule has 1 heterocycles. The number of nitrogens with one attached hydrogen (secondary N) is 3. The topological polar surface area (TPSA) is 87.3 Å². The van der Waals surface area contributed by atoms with E-state index >= 15 is 0 Å². The van der Waals surface area contributed by atoms with Crippen molar-refractivity contribution < 1.29 is 26.4 Å². The van der Waals surface area contributed by atoms with Crippen molar-refractivity contribution in [2.45, 2.75) is 36.9 Å². The highest BCUT2D eigenvalue weighted by atomic mass is 32.2. The van der Waals surface area contributed by atoms with Crippen LogP contribution in [0.4, 0.5) is 13.2 Å². The van der Waals surface area contributed by atoms with Gasteiger partial charge < -0.3 is 10.6 Å². The molecule has 26 heavy (non-hydrogen) atoms. The predicted octanol–water partition coefficient (Wildman–Crippen LogP) is 1.49. The van der Waals surface area contributed by atoms with Crippen LogP contribution in [0.25, 0.3) is 0 Å². The number of hydrogen-bond acceptors (Lipinski definition) is 4. The number of benzene rings is 1. The molecule has 1 aromatic rings. The van der Waals surface area contributed by atoms with E-state index in [0.717, 1.165) is 38.1 Å². The molecule has 1 aliphatic heterocycles. The van der Waals surface area contributed by atoms with E-state index in [1.54, 1.807) is 0 Å². The SMILES string of the molecule is CC(NS(=O)(=O)c1ccccc1C(F)(F)F)C(=O)NCCC1CCNC1. The summed E-state index contributed by atoms with van der Waals surface area (Å²) in [5.74, 6) is -0.120. The van der Waals surface area contributed by atoms with Gasteiger partial charge in [0.05, 0.1) is 16.5 Å². The molecule has 0 aliphatic carbocycles. The lowest BCUT2D eigenvalue weighted by Gasteiger charge is -2.17. The highest BCUT2D eigenvalue weighted by Gasteiger charge is 2.37. The van der Waals surface area contributed by atoms with Gasteiger partial charge in [0.1, 0.15) is 0 Å². The Bertz CT molecular complexity index is 732. The normalized spacial score (nSPS) is 19.3. The largest absolute Gasteiger partial charge is 0.417 e. The third kappa shape index (κ3) is 5.42. The molecule has 6 nitrogen and oxygen atoms in total. The van der Waals surface area contributed by atoms with Gasteiger partial charge in [-0.2, -0.15) is 17.9 Å². The van der Waals surface area contributed by atoms with E-state index in [4.69, 9.17) is 0 Å². The monoisotopic (exact) mass is 393 g/mol. The number of carbonyl (C=O) groups is 1. The molecular formula is C16H22F3N3O3S. The summed E-state index contributed by atoms with van der Waals surface area (Å²) in [6.07, 6.45) is -3.03. The average Bonchev–Trinajstić information content (AvgIpc) is 3.07. The molecule has 2 unspecified atom stereocenters. The van der Waals surface area contributed by atoms with Gasteiger partial charge in [0.2, 0.25) is 15.9 Å². The molecule has 1 saturated heterocycles. The lowest BCUT2D eigenvalue weighted by atomic mass is 10.1. The van der Waals surface area contributed by atoms with Gasteiger partial charge in [-0.25, -0.2) is 8.42 Å². The van der Waals surface area contributed by atoms with Crippen molar-refractivity contribution in [3.8, 4) is 0 Å². The number of halogens is 3. The van der Waals surface area contributed by atoms with Crippen molar-refractivity contribution >= 4 is 15.9 Å². The third-order valence-electron chi connectivity index (χ3n) is 4.22. The summed E-state index contributed by atoms with van der Waals surface area (Å²) < 4.78 is 65.6. The minimum Gasteiger partial charge on any atom is -0.355 e. The summed E-state index contributed by atoms with van der Waals surface area (Å²) in [5, 5.41) is 5.82. The first-order chi connectivity index (χ1) is 12.1. The fourth-order valence-electron chi connectivity index (χ4n) is 2.80. The zero-order valence-corrected chi connectivity index (χ0v) is 15.1. The summed E-state index contributed by atoms with van der Waals surface area (Å²) >= 11 is 0. The fraction of sp³-hybridized carbons (Fsp3) is 0.562. The van der Waals surface area contributed by atoms with Crippen molar-refractivity contribution in [2.24, 2.45) is 5.92 Å². The van der Waals surface area contributed by atoms with Crippen LogP contribution in [0.3, 0.4) is 0 Å². The maximum absolute atomic E-state index is 13.0. The van der Waals surface area contributed by atoms with Crippen molar-refractivity contribution in [2.75, 3.05) is 19.6 Å². The van der Waals surface area contributed by atoms with Crippen LogP contribution >= 0.6 is 0 Å². The van der Waals surface area contributed by atoms with Crippen LogP contribution in [0.5, 0.6) is 0 Å². The molecule has 10 heteroatoms. The number of hydrogen-bond donors (Lipinski definition) is 3. The van der Waals surface area contributed by atoms with Crippen molar-refractivity contribution in [3.05, 3.63) is 29.8 Å². The van der Waals surface area contributed by atoms with E-state index in [0.29, 0.717) is 18.5 Å². The Labute approximate surface area is 150 Å². The molecule has 1 fully saturated rings. The predicted molar refractivity (Wildman–Crippen MR) is 89.8 cm³/mol. The molecule has 2 rings (SSSR count). The first-order valence-corrected chi connectivity index (χ1v) is 9.76. The van der Waals surface area contributed by atoms with Gasteiger partial charge in [-0.1, -0.05) is 12.1 Å². The molecule has 3 N–H and O–H groups in total. The Morgan fingerprint density at radius 3 is 2.65 bits per heavy atom. The summed E-state index contributed by atoms with van der Waals surface area (Å²) in [7, 11) is -4.50. The van der Waals surface area contributed by atoms with E-state index < -0.39 is 38.6 Å².